The van der Waals surface area contributed by atoms with Gasteiger partial charge in [0.1, 0.15) is 13.2 Å². The minimum absolute atomic E-state index is 0.0671. The molecule has 1 aromatic carbocycles. The number of hydrogen-bond acceptors (Lipinski definition) is 4. The molecule has 19 heavy (non-hydrogen) atoms. The van der Waals surface area contributed by atoms with Gasteiger partial charge in [0.05, 0.1) is 0 Å². The number of likely N-dealkylation sites (tertiary alicyclic amines) is 1. The normalized spacial score (nSPS) is 18.0. The first-order chi connectivity index (χ1) is 9.24. The second kappa shape index (κ2) is 4.91. The summed E-state index contributed by atoms with van der Waals surface area (Å²) in [6, 6.07) is 5.73. The highest BCUT2D eigenvalue weighted by Crippen LogP contribution is 2.31. The molecule has 3 rings (SSSR count). The van der Waals surface area contributed by atoms with Gasteiger partial charge in [0, 0.05) is 19.4 Å². The molecule has 0 aliphatic carbocycles. The minimum atomic E-state index is -0.0671. The number of amides is 2. The van der Waals surface area contributed by atoms with Crippen LogP contribution in [-0.2, 0) is 16.0 Å². The molecule has 0 N–H and O–H groups in total. The molecule has 0 bridgehead atoms. The first kappa shape index (κ1) is 12.0. The number of carbonyl (C=O) groups is 2. The van der Waals surface area contributed by atoms with Gasteiger partial charge >= 0.3 is 0 Å². The summed E-state index contributed by atoms with van der Waals surface area (Å²) in [7, 11) is 0. The summed E-state index contributed by atoms with van der Waals surface area (Å²) in [6.45, 7) is 1.57. The fourth-order valence-electron chi connectivity index (χ4n) is 2.36. The number of carbonyl (C=O) groups excluding carboxylic acids is 2. The highest BCUT2D eigenvalue weighted by molar-refractivity contribution is 6.01. The van der Waals surface area contributed by atoms with Crippen LogP contribution in [0.15, 0.2) is 18.2 Å². The Kier molecular flexibility index (Phi) is 3.11. The van der Waals surface area contributed by atoms with Gasteiger partial charge in [0.2, 0.25) is 11.8 Å². The van der Waals surface area contributed by atoms with E-state index >= 15 is 0 Å². The molecule has 0 radical (unpaired) electrons. The highest BCUT2D eigenvalue weighted by atomic mass is 16.6. The maximum Gasteiger partial charge on any atom is 0.229 e. The van der Waals surface area contributed by atoms with Crippen LogP contribution in [0, 0.1) is 0 Å². The van der Waals surface area contributed by atoms with E-state index in [9.17, 15) is 9.59 Å². The van der Waals surface area contributed by atoms with Crippen molar-refractivity contribution in [1.82, 2.24) is 4.90 Å². The van der Waals surface area contributed by atoms with Crippen LogP contribution in [0.3, 0.4) is 0 Å². The van der Waals surface area contributed by atoms with E-state index < -0.39 is 0 Å². The Morgan fingerprint density at radius 3 is 2.42 bits per heavy atom. The van der Waals surface area contributed by atoms with E-state index in [-0.39, 0.29) is 11.8 Å². The van der Waals surface area contributed by atoms with Crippen molar-refractivity contribution in [3.63, 3.8) is 0 Å². The maximum atomic E-state index is 11.5. The van der Waals surface area contributed by atoms with Crippen LogP contribution in [0.1, 0.15) is 18.4 Å². The fourth-order valence-corrected chi connectivity index (χ4v) is 2.36. The average Bonchev–Trinajstić information content (AvgIpc) is 2.76. The molecular weight excluding hydrogens is 246 g/mol. The number of nitrogens with zero attached hydrogens (tertiary/aromatic N) is 1. The first-order valence-corrected chi connectivity index (χ1v) is 6.46. The highest BCUT2D eigenvalue weighted by Gasteiger charge is 2.28. The maximum absolute atomic E-state index is 11.5. The molecule has 1 fully saturated rings. The zero-order chi connectivity index (χ0) is 13.2. The first-order valence-electron chi connectivity index (χ1n) is 6.46. The number of imide groups is 1. The Labute approximate surface area is 111 Å². The molecule has 5 heteroatoms. The lowest BCUT2D eigenvalue weighted by Gasteiger charge is -2.19. The van der Waals surface area contributed by atoms with Crippen molar-refractivity contribution in [2.75, 3.05) is 19.8 Å². The topological polar surface area (TPSA) is 55.8 Å². The van der Waals surface area contributed by atoms with Gasteiger partial charge < -0.3 is 9.47 Å². The van der Waals surface area contributed by atoms with Crippen LogP contribution in [0.5, 0.6) is 11.5 Å². The standard InChI is InChI=1S/C14H15NO4/c16-13-3-4-14(17)15(13)6-5-10-1-2-11-12(9-10)19-8-7-18-11/h1-2,9H,3-8H2. The van der Waals surface area contributed by atoms with Crippen LogP contribution in [0.25, 0.3) is 0 Å². The average molecular weight is 261 g/mol. The zero-order valence-corrected chi connectivity index (χ0v) is 10.6. The van der Waals surface area contributed by atoms with Crippen molar-refractivity contribution in [3.05, 3.63) is 23.8 Å². The van der Waals surface area contributed by atoms with Crippen molar-refractivity contribution in [3.8, 4) is 11.5 Å². The summed E-state index contributed by atoms with van der Waals surface area (Å²) in [5.74, 6) is 1.36. The minimum Gasteiger partial charge on any atom is -0.486 e. The monoisotopic (exact) mass is 261 g/mol. The molecule has 0 aromatic heterocycles. The van der Waals surface area contributed by atoms with Crippen LogP contribution < -0.4 is 9.47 Å². The molecule has 2 amide bonds. The van der Waals surface area contributed by atoms with E-state index in [4.69, 9.17) is 9.47 Å². The molecule has 5 nitrogen and oxygen atoms in total. The molecule has 0 spiro atoms. The number of ether oxygens (including phenoxy) is 2. The van der Waals surface area contributed by atoms with Crippen molar-refractivity contribution in [2.45, 2.75) is 19.3 Å². The van der Waals surface area contributed by atoms with E-state index in [2.05, 4.69) is 0 Å². The third kappa shape index (κ3) is 2.41. The van der Waals surface area contributed by atoms with Gasteiger partial charge in [-0.2, -0.15) is 0 Å². The lowest BCUT2D eigenvalue weighted by atomic mass is 10.1. The van der Waals surface area contributed by atoms with Crippen LogP contribution >= 0.6 is 0 Å². The van der Waals surface area contributed by atoms with Crippen LogP contribution in [0.2, 0.25) is 0 Å². The summed E-state index contributed by atoms with van der Waals surface area (Å²) >= 11 is 0. The fraction of sp³-hybridized carbons (Fsp3) is 0.429. The van der Waals surface area contributed by atoms with E-state index in [1.54, 1.807) is 0 Å². The van der Waals surface area contributed by atoms with Gasteiger partial charge in [-0.3, -0.25) is 14.5 Å². The number of benzene rings is 1. The van der Waals surface area contributed by atoms with Gasteiger partial charge in [0.15, 0.2) is 11.5 Å². The Balaban J connectivity index is 1.67. The van der Waals surface area contributed by atoms with Gasteiger partial charge in [0.25, 0.3) is 0 Å². The second-order valence-corrected chi connectivity index (χ2v) is 4.67. The molecule has 1 aromatic rings. The molecule has 0 unspecified atom stereocenters. The lowest BCUT2D eigenvalue weighted by molar-refractivity contribution is -0.138. The Morgan fingerprint density at radius 1 is 1.00 bits per heavy atom. The van der Waals surface area contributed by atoms with Gasteiger partial charge in [-0.25, -0.2) is 0 Å². The molecular formula is C14H15NO4. The third-order valence-electron chi connectivity index (χ3n) is 3.39. The number of rotatable bonds is 3. The summed E-state index contributed by atoms with van der Waals surface area (Å²) in [5.41, 5.74) is 1.04. The van der Waals surface area contributed by atoms with E-state index in [0.717, 1.165) is 17.1 Å². The van der Waals surface area contributed by atoms with Crippen molar-refractivity contribution < 1.29 is 19.1 Å². The van der Waals surface area contributed by atoms with Gasteiger partial charge in [-0.05, 0) is 24.1 Å². The van der Waals surface area contributed by atoms with Gasteiger partial charge in [-0.1, -0.05) is 6.07 Å². The molecule has 0 atom stereocenters. The molecule has 2 heterocycles. The molecule has 2 aliphatic rings. The number of hydrogen-bond donors (Lipinski definition) is 0. The van der Waals surface area contributed by atoms with Gasteiger partial charge in [-0.15, -0.1) is 0 Å². The van der Waals surface area contributed by atoms with Crippen molar-refractivity contribution in [1.29, 1.82) is 0 Å². The van der Waals surface area contributed by atoms with Crippen molar-refractivity contribution in [2.24, 2.45) is 0 Å². The van der Waals surface area contributed by atoms with Crippen LogP contribution in [0.4, 0.5) is 0 Å². The zero-order valence-electron chi connectivity index (χ0n) is 10.6. The molecule has 1 saturated heterocycles. The lowest BCUT2D eigenvalue weighted by Crippen LogP contribution is -2.31. The Morgan fingerprint density at radius 2 is 1.68 bits per heavy atom. The molecule has 0 saturated carbocycles. The predicted octanol–water partition coefficient (Wildman–Crippen LogP) is 1.15. The number of fused-ring (bicyclic) bond motifs is 1. The Bertz CT molecular complexity index is 510. The molecule has 100 valence electrons. The Hall–Kier alpha value is -2.04. The van der Waals surface area contributed by atoms with E-state index in [1.165, 1.54) is 4.90 Å². The summed E-state index contributed by atoms with van der Waals surface area (Å²) < 4.78 is 11.0. The second-order valence-electron chi connectivity index (χ2n) is 4.67. The molecule has 2 aliphatic heterocycles. The summed E-state index contributed by atoms with van der Waals surface area (Å²) in [6.07, 6.45) is 1.34. The van der Waals surface area contributed by atoms with Crippen molar-refractivity contribution >= 4 is 11.8 Å². The smallest absolute Gasteiger partial charge is 0.229 e. The SMILES string of the molecule is O=C1CCC(=O)N1CCc1ccc2c(c1)OCCO2. The van der Waals surface area contributed by atoms with E-state index in [0.29, 0.717) is 39.0 Å². The summed E-state index contributed by atoms with van der Waals surface area (Å²) in [4.78, 5) is 24.3. The largest absolute Gasteiger partial charge is 0.486 e. The third-order valence-corrected chi connectivity index (χ3v) is 3.39. The summed E-state index contributed by atoms with van der Waals surface area (Å²) in [5, 5.41) is 0. The van der Waals surface area contributed by atoms with Crippen LogP contribution in [-0.4, -0.2) is 36.5 Å². The quantitative estimate of drug-likeness (QED) is 0.766. The van der Waals surface area contributed by atoms with E-state index in [1.807, 2.05) is 18.2 Å². The predicted molar refractivity (Wildman–Crippen MR) is 67.1 cm³/mol.